The van der Waals surface area contributed by atoms with E-state index in [0.29, 0.717) is 0 Å². The highest BCUT2D eigenvalue weighted by atomic mass is 16.2. The van der Waals surface area contributed by atoms with Crippen LogP contribution in [0.3, 0.4) is 0 Å². The molecule has 1 amide bonds. The highest BCUT2D eigenvalue weighted by Crippen LogP contribution is 2.19. The van der Waals surface area contributed by atoms with Crippen LogP contribution in [0.4, 0.5) is 0 Å². The summed E-state index contributed by atoms with van der Waals surface area (Å²) in [7, 11) is 3.56. The summed E-state index contributed by atoms with van der Waals surface area (Å²) in [6, 6.07) is 0. The summed E-state index contributed by atoms with van der Waals surface area (Å²) in [4.78, 5) is 12.5. The van der Waals surface area contributed by atoms with E-state index in [1.54, 1.807) is 14.1 Å². The van der Waals surface area contributed by atoms with Crippen molar-refractivity contribution in [2.45, 2.75) is 123 Å². The molecule has 0 bridgehead atoms. The molecular formula is C23H49N3O. The molecule has 0 saturated heterocycles. The SMILES string of the molecule is CCCCCCCCCCCCCCCCC(CCC)C(=O)N(NC)NC. The number of hydrogen-bond donors (Lipinski definition) is 2. The molecule has 4 heteroatoms. The molecule has 0 fully saturated rings. The van der Waals surface area contributed by atoms with Gasteiger partial charge < -0.3 is 0 Å². The highest BCUT2D eigenvalue weighted by molar-refractivity contribution is 5.77. The molecule has 0 aromatic heterocycles. The van der Waals surface area contributed by atoms with Crippen LogP contribution in [0, 0.1) is 5.92 Å². The van der Waals surface area contributed by atoms with Gasteiger partial charge in [-0.1, -0.05) is 110 Å². The largest absolute Gasteiger partial charge is 0.272 e. The second-order valence-corrected chi connectivity index (χ2v) is 7.99. The summed E-state index contributed by atoms with van der Waals surface area (Å²) in [5.74, 6) is 0.323. The van der Waals surface area contributed by atoms with E-state index < -0.39 is 0 Å². The van der Waals surface area contributed by atoms with Crippen molar-refractivity contribution in [1.29, 1.82) is 0 Å². The summed E-state index contributed by atoms with van der Waals surface area (Å²) < 4.78 is 0. The van der Waals surface area contributed by atoms with Crippen molar-refractivity contribution in [3.05, 3.63) is 0 Å². The number of carbonyl (C=O) groups excluding carboxylic acids is 1. The van der Waals surface area contributed by atoms with Gasteiger partial charge in [0.05, 0.1) is 0 Å². The summed E-state index contributed by atoms with van der Waals surface area (Å²) in [6.45, 7) is 4.44. The summed E-state index contributed by atoms with van der Waals surface area (Å²) in [6.07, 6.45) is 22.4. The molecule has 27 heavy (non-hydrogen) atoms. The van der Waals surface area contributed by atoms with Gasteiger partial charge in [-0.15, -0.1) is 0 Å². The third-order valence-corrected chi connectivity index (χ3v) is 5.56. The van der Waals surface area contributed by atoms with Crippen molar-refractivity contribution in [2.75, 3.05) is 14.1 Å². The average Bonchev–Trinajstić information content (AvgIpc) is 2.68. The Kier molecular flexibility index (Phi) is 19.7. The maximum atomic E-state index is 12.5. The highest BCUT2D eigenvalue weighted by Gasteiger charge is 2.21. The van der Waals surface area contributed by atoms with Gasteiger partial charge in [-0.2, -0.15) is 0 Å². The maximum absolute atomic E-state index is 12.5. The number of nitrogens with zero attached hydrogens (tertiary/aromatic N) is 1. The Hall–Kier alpha value is -0.610. The van der Waals surface area contributed by atoms with Crippen molar-refractivity contribution in [3.8, 4) is 0 Å². The van der Waals surface area contributed by atoms with Crippen LogP contribution < -0.4 is 10.9 Å². The van der Waals surface area contributed by atoms with Gasteiger partial charge in [0.15, 0.2) is 0 Å². The third kappa shape index (κ3) is 15.0. The summed E-state index contributed by atoms with van der Waals surface area (Å²) in [5, 5.41) is 1.52. The van der Waals surface area contributed by atoms with E-state index in [9.17, 15) is 4.79 Å². The van der Waals surface area contributed by atoms with Gasteiger partial charge in [-0.3, -0.25) is 4.79 Å². The molecule has 0 spiro atoms. The van der Waals surface area contributed by atoms with Crippen molar-refractivity contribution in [2.24, 2.45) is 5.92 Å². The number of carbonyl (C=O) groups is 1. The fraction of sp³-hybridized carbons (Fsp3) is 0.957. The van der Waals surface area contributed by atoms with Gasteiger partial charge in [0.25, 0.3) is 5.91 Å². The molecule has 1 atom stereocenters. The van der Waals surface area contributed by atoms with Gasteiger partial charge in [0.1, 0.15) is 0 Å². The van der Waals surface area contributed by atoms with Crippen LogP contribution in [-0.2, 0) is 4.79 Å². The first-order valence-corrected chi connectivity index (χ1v) is 11.9. The zero-order valence-corrected chi connectivity index (χ0v) is 19.0. The maximum Gasteiger partial charge on any atom is 0.254 e. The summed E-state index contributed by atoms with van der Waals surface area (Å²) in [5.41, 5.74) is 5.83. The molecule has 0 saturated carbocycles. The van der Waals surface area contributed by atoms with Crippen molar-refractivity contribution in [3.63, 3.8) is 0 Å². The first kappa shape index (κ1) is 26.4. The van der Waals surface area contributed by atoms with E-state index in [2.05, 4.69) is 24.7 Å². The Balaban J connectivity index is 3.56. The predicted octanol–water partition coefficient (Wildman–Crippen LogP) is 6.37. The smallest absolute Gasteiger partial charge is 0.254 e. The summed E-state index contributed by atoms with van der Waals surface area (Å²) >= 11 is 0. The Labute approximate surface area is 170 Å². The third-order valence-electron chi connectivity index (χ3n) is 5.56. The van der Waals surface area contributed by atoms with Gasteiger partial charge in [-0.25, -0.2) is 16.0 Å². The Morgan fingerprint density at radius 2 is 1.04 bits per heavy atom. The first-order chi connectivity index (χ1) is 13.2. The van der Waals surface area contributed by atoms with E-state index in [1.165, 1.54) is 95.0 Å². The molecule has 0 aromatic carbocycles. The van der Waals surface area contributed by atoms with Crippen molar-refractivity contribution >= 4 is 5.91 Å². The van der Waals surface area contributed by atoms with E-state index in [-0.39, 0.29) is 11.8 Å². The fourth-order valence-electron chi connectivity index (χ4n) is 3.84. The van der Waals surface area contributed by atoms with Gasteiger partial charge >= 0.3 is 0 Å². The number of hydrazine groups is 2. The quantitative estimate of drug-likeness (QED) is 0.190. The molecule has 0 heterocycles. The molecule has 1 unspecified atom stereocenters. The van der Waals surface area contributed by atoms with E-state index in [0.717, 1.165) is 19.3 Å². The van der Waals surface area contributed by atoms with E-state index in [1.807, 2.05) is 0 Å². The second kappa shape index (κ2) is 20.1. The normalized spacial score (nSPS) is 12.3. The Morgan fingerprint density at radius 3 is 1.41 bits per heavy atom. The molecule has 0 aromatic rings. The van der Waals surface area contributed by atoms with Crippen LogP contribution in [0.5, 0.6) is 0 Å². The molecule has 4 nitrogen and oxygen atoms in total. The minimum absolute atomic E-state index is 0.146. The molecule has 0 aliphatic rings. The zero-order chi connectivity index (χ0) is 20.2. The predicted molar refractivity (Wildman–Crippen MR) is 118 cm³/mol. The standard InChI is InChI=1S/C23H49N3O/c1-5-7-8-9-10-11-12-13-14-15-16-17-18-19-21-22(20-6-2)23(27)26(24-3)25-4/h22,24-25H,5-21H2,1-4H3. The fourth-order valence-corrected chi connectivity index (χ4v) is 3.84. The lowest BCUT2D eigenvalue weighted by atomic mass is 9.95. The number of nitrogens with one attached hydrogen (secondary N) is 2. The molecule has 0 radical (unpaired) electrons. The van der Waals surface area contributed by atoms with Gasteiger partial charge in [0, 0.05) is 20.0 Å². The first-order valence-electron chi connectivity index (χ1n) is 11.9. The lowest BCUT2D eigenvalue weighted by Gasteiger charge is -2.25. The van der Waals surface area contributed by atoms with E-state index >= 15 is 0 Å². The molecular weight excluding hydrogens is 334 g/mol. The van der Waals surface area contributed by atoms with Crippen LogP contribution in [0.2, 0.25) is 0 Å². The topological polar surface area (TPSA) is 44.4 Å². The molecule has 0 rings (SSSR count). The van der Waals surface area contributed by atoms with Crippen LogP contribution in [-0.4, -0.2) is 25.1 Å². The number of amides is 1. The van der Waals surface area contributed by atoms with Crippen molar-refractivity contribution < 1.29 is 4.79 Å². The van der Waals surface area contributed by atoms with E-state index in [4.69, 9.17) is 0 Å². The number of hydrogen-bond acceptors (Lipinski definition) is 3. The lowest BCUT2D eigenvalue weighted by molar-refractivity contribution is -0.142. The minimum atomic E-state index is 0.146. The van der Waals surface area contributed by atoms with Crippen molar-refractivity contribution in [1.82, 2.24) is 16.0 Å². The van der Waals surface area contributed by atoms with Crippen LogP contribution in [0.1, 0.15) is 123 Å². The number of rotatable bonds is 20. The second-order valence-electron chi connectivity index (χ2n) is 7.99. The van der Waals surface area contributed by atoms with Crippen LogP contribution in [0.15, 0.2) is 0 Å². The monoisotopic (exact) mass is 383 g/mol. The lowest BCUT2D eigenvalue weighted by Crippen LogP contribution is -2.51. The Morgan fingerprint density at radius 1 is 0.630 bits per heavy atom. The molecule has 0 aliphatic carbocycles. The Bertz CT molecular complexity index is 319. The number of unbranched alkanes of at least 4 members (excludes halogenated alkanes) is 13. The van der Waals surface area contributed by atoms with Gasteiger partial charge in [0.2, 0.25) is 0 Å². The van der Waals surface area contributed by atoms with Crippen LogP contribution >= 0.6 is 0 Å². The molecule has 2 N–H and O–H groups in total. The average molecular weight is 384 g/mol. The van der Waals surface area contributed by atoms with Gasteiger partial charge in [-0.05, 0) is 12.8 Å². The minimum Gasteiger partial charge on any atom is -0.272 e. The zero-order valence-electron chi connectivity index (χ0n) is 19.0. The molecule has 0 aliphatic heterocycles. The molecule has 162 valence electrons. The van der Waals surface area contributed by atoms with Crippen LogP contribution in [0.25, 0.3) is 0 Å².